The number of piperidine rings is 1. The van der Waals surface area contributed by atoms with Gasteiger partial charge in [0.1, 0.15) is 0 Å². The van der Waals surface area contributed by atoms with Gasteiger partial charge < -0.3 is 10.2 Å². The van der Waals surface area contributed by atoms with Gasteiger partial charge in [-0.05, 0) is 85.3 Å². The number of amides is 1. The van der Waals surface area contributed by atoms with Crippen LogP contribution in [-0.4, -0.2) is 23.9 Å². The first-order chi connectivity index (χ1) is 14.2. The van der Waals surface area contributed by atoms with Crippen LogP contribution < -0.4 is 5.32 Å². The predicted molar refractivity (Wildman–Crippen MR) is 118 cm³/mol. The van der Waals surface area contributed by atoms with E-state index in [1.54, 1.807) is 0 Å². The topological polar surface area (TPSA) is 32.3 Å². The van der Waals surface area contributed by atoms with Gasteiger partial charge in [0.15, 0.2) is 0 Å². The van der Waals surface area contributed by atoms with E-state index < -0.39 is 0 Å². The zero-order valence-corrected chi connectivity index (χ0v) is 17.5. The number of benzene rings is 2. The molecule has 3 aliphatic rings. The minimum Gasteiger partial charge on any atom is -0.378 e. The first-order valence-electron chi connectivity index (χ1n) is 11.5. The molecule has 1 saturated heterocycles. The van der Waals surface area contributed by atoms with E-state index in [1.165, 1.54) is 40.8 Å². The molecule has 1 amide bonds. The van der Waals surface area contributed by atoms with Crippen molar-refractivity contribution in [1.82, 2.24) is 4.90 Å². The molecule has 0 radical (unpaired) electrons. The average Bonchev–Trinajstić information content (AvgIpc) is 3.55. The zero-order valence-electron chi connectivity index (χ0n) is 17.5. The van der Waals surface area contributed by atoms with E-state index in [0.29, 0.717) is 23.8 Å². The fourth-order valence-corrected chi connectivity index (χ4v) is 5.31. The van der Waals surface area contributed by atoms with Gasteiger partial charge >= 0.3 is 0 Å². The number of anilines is 1. The van der Waals surface area contributed by atoms with Crippen molar-refractivity contribution in [2.24, 2.45) is 5.92 Å². The van der Waals surface area contributed by atoms with Crippen LogP contribution in [0.5, 0.6) is 0 Å². The van der Waals surface area contributed by atoms with Crippen molar-refractivity contribution in [3.8, 4) is 0 Å². The van der Waals surface area contributed by atoms with Crippen molar-refractivity contribution in [2.45, 2.75) is 63.8 Å². The summed E-state index contributed by atoms with van der Waals surface area (Å²) in [5.41, 5.74) is 7.16. The number of nitrogens with one attached hydrogen (secondary N) is 1. The number of fused-ring (bicyclic) bond motifs is 1. The number of hydrogen-bond donors (Lipinski definition) is 1. The Bertz CT molecular complexity index is 893. The van der Waals surface area contributed by atoms with E-state index in [9.17, 15) is 4.79 Å². The van der Waals surface area contributed by atoms with Gasteiger partial charge in [-0.25, -0.2) is 0 Å². The summed E-state index contributed by atoms with van der Waals surface area (Å²) < 4.78 is 0. The van der Waals surface area contributed by atoms with Gasteiger partial charge in [0, 0.05) is 24.7 Å². The van der Waals surface area contributed by atoms with Crippen LogP contribution in [0.25, 0.3) is 0 Å². The van der Waals surface area contributed by atoms with Gasteiger partial charge in [-0.15, -0.1) is 0 Å². The number of hydrogen-bond acceptors (Lipinski definition) is 2. The Morgan fingerprint density at radius 3 is 2.55 bits per heavy atom. The standard InChI is InChI=1S/C26H32N2O/c1-2-18-17-22(27-25-12-9-19-5-3-4-6-24(19)25)10-11-23(18)20-13-15-28(16-14-20)26(29)21-7-8-21/h3-6,10-11,17,20-21,25,27H,2,7-9,12-16H2,1H3. The second kappa shape index (κ2) is 7.85. The molecule has 1 N–H and O–H groups in total. The molecule has 1 unspecified atom stereocenters. The Morgan fingerprint density at radius 2 is 1.79 bits per heavy atom. The molecule has 0 aromatic heterocycles. The monoisotopic (exact) mass is 388 g/mol. The maximum atomic E-state index is 12.3. The lowest BCUT2D eigenvalue weighted by Crippen LogP contribution is -2.38. The lowest BCUT2D eigenvalue weighted by atomic mass is 9.85. The van der Waals surface area contributed by atoms with Crippen molar-refractivity contribution < 1.29 is 4.79 Å². The van der Waals surface area contributed by atoms with Gasteiger partial charge in [0.2, 0.25) is 5.91 Å². The fourth-order valence-electron chi connectivity index (χ4n) is 5.31. The predicted octanol–water partition coefficient (Wildman–Crippen LogP) is 5.46. The van der Waals surface area contributed by atoms with Crippen molar-refractivity contribution in [1.29, 1.82) is 0 Å². The molecule has 1 saturated carbocycles. The molecule has 0 bridgehead atoms. The molecular weight excluding hydrogens is 356 g/mol. The molecule has 2 aliphatic carbocycles. The highest BCUT2D eigenvalue weighted by Gasteiger charge is 2.35. The highest BCUT2D eigenvalue weighted by molar-refractivity contribution is 5.81. The van der Waals surface area contributed by atoms with E-state index >= 15 is 0 Å². The number of rotatable bonds is 5. The Kier molecular flexibility index (Phi) is 5.07. The first kappa shape index (κ1) is 18.7. The van der Waals surface area contributed by atoms with E-state index in [-0.39, 0.29) is 0 Å². The van der Waals surface area contributed by atoms with Gasteiger partial charge in [-0.3, -0.25) is 4.79 Å². The van der Waals surface area contributed by atoms with Crippen LogP contribution in [0.15, 0.2) is 42.5 Å². The van der Waals surface area contributed by atoms with Crippen LogP contribution in [-0.2, 0) is 17.6 Å². The lowest BCUT2D eigenvalue weighted by Gasteiger charge is -2.33. The quantitative estimate of drug-likeness (QED) is 0.737. The number of likely N-dealkylation sites (tertiary alicyclic amines) is 1. The summed E-state index contributed by atoms with van der Waals surface area (Å²) in [6.45, 7) is 4.13. The molecular formula is C26H32N2O. The summed E-state index contributed by atoms with van der Waals surface area (Å²) in [5, 5.41) is 3.79. The van der Waals surface area contributed by atoms with Crippen molar-refractivity contribution >= 4 is 11.6 Å². The average molecular weight is 389 g/mol. The maximum Gasteiger partial charge on any atom is 0.225 e. The van der Waals surface area contributed by atoms with Gasteiger partial charge in [0.05, 0.1) is 6.04 Å². The largest absolute Gasteiger partial charge is 0.378 e. The van der Waals surface area contributed by atoms with Crippen LogP contribution in [0.3, 0.4) is 0 Å². The minimum absolute atomic E-state index is 0.351. The van der Waals surface area contributed by atoms with Crippen LogP contribution in [0.4, 0.5) is 5.69 Å². The first-order valence-corrected chi connectivity index (χ1v) is 11.5. The summed E-state index contributed by atoms with van der Waals surface area (Å²) in [7, 11) is 0. The van der Waals surface area contributed by atoms with Crippen molar-refractivity contribution in [3.63, 3.8) is 0 Å². The molecule has 1 aliphatic heterocycles. The third kappa shape index (κ3) is 3.80. The van der Waals surface area contributed by atoms with E-state index in [1.807, 2.05) is 0 Å². The second-order valence-electron chi connectivity index (χ2n) is 9.08. The molecule has 152 valence electrons. The van der Waals surface area contributed by atoms with Gasteiger partial charge in [0.25, 0.3) is 0 Å². The summed E-state index contributed by atoms with van der Waals surface area (Å²) >= 11 is 0. The van der Waals surface area contributed by atoms with Crippen molar-refractivity contribution in [2.75, 3.05) is 18.4 Å². The highest BCUT2D eigenvalue weighted by atomic mass is 16.2. The lowest BCUT2D eigenvalue weighted by molar-refractivity contribution is -0.133. The van der Waals surface area contributed by atoms with Gasteiger partial charge in [-0.2, -0.15) is 0 Å². The normalized spacial score (nSPS) is 21.8. The zero-order chi connectivity index (χ0) is 19.8. The van der Waals surface area contributed by atoms with Gasteiger partial charge in [-0.1, -0.05) is 37.3 Å². The maximum absolute atomic E-state index is 12.3. The molecule has 1 atom stereocenters. The number of carbonyl (C=O) groups is 1. The highest BCUT2D eigenvalue weighted by Crippen LogP contribution is 2.37. The number of aryl methyl sites for hydroxylation is 2. The van der Waals surface area contributed by atoms with E-state index in [2.05, 4.69) is 59.6 Å². The summed E-state index contributed by atoms with van der Waals surface area (Å²) in [4.78, 5) is 14.5. The molecule has 2 aromatic rings. The minimum atomic E-state index is 0.351. The smallest absolute Gasteiger partial charge is 0.225 e. The summed E-state index contributed by atoms with van der Waals surface area (Å²) in [6, 6.07) is 16.3. The molecule has 2 fully saturated rings. The van der Waals surface area contributed by atoms with Crippen LogP contribution in [0.2, 0.25) is 0 Å². The molecule has 3 nitrogen and oxygen atoms in total. The molecule has 1 heterocycles. The summed E-state index contributed by atoms with van der Waals surface area (Å²) in [6.07, 6.45) is 7.84. The third-order valence-corrected chi connectivity index (χ3v) is 7.17. The molecule has 0 spiro atoms. The summed E-state index contributed by atoms with van der Waals surface area (Å²) in [5.74, 6) is 1.36. The number of carbonyl (C=O) groups excluding carboxylic acids is 1. The Hall–Kier alpha value is -2.29. The van der Waals surface area contributed by atoms with Crippen LogP contribution in [0.1, 0.15) is 73.2 Å². The Labute approximate surface area is 174 Å². The molecule has 5 rings (SSSR count). The second-order valence-corrected chi connectivity index (χ2v) is 9.08. The number of nitrogens with zero attached hydrogens (tertiary/aromatic N) is 1. The van der Waals surface area contributed by atoms with Crippen molar-refractivity contribution in [3.05, 3.63) is 64.7 Å². The van der Waals surface area contributed by atoms with Crippen LogP contribution in [0, 0.1) is 5.92 Å². The SMILES string of the molecule is CCc1cc(NC2CCc3ccccc32)ccc1C1CCN(C(=O)C2CC2)CC1. The Morgan fingerprint density at radius 1 is 1.00 bits per heavy atom. The van der Waals surface area contributed by atoms with E-state index in [0.717, 1.165) is 45.2 Å². The third-order valence-electron chi connectivity index (χ3n) is 7.17. The fraction of sp³-hybridized carbons (Fsp3) is 0.500. The van der Waals surface area contributed by atoms with E-state index in [4.69, 9.17) is 0 Å². The molecule has 3 heteroatoms. The molecule has 29 heavy (non-hydrogen) atoms. The Balaban J connectivity index is 1.27. The molecule has 2 aromatic carbocycles. The van der Waals surface area contributed by atoms with Crippen LogP contribution >= 0.6 is 0 Å².